The van der Waals surface area contributed by atoms with Crippen molar-refractivity contribution in [3.05, 3.63) is 107 Å². The van der Waals surface area contributed by atoms with Gasteiger partial charge < -0.3 is 0 Å². The molecule has 4 aromatic heterocycles. The first kappa shape index (κ1) is 64.2. The number of alkyl halides is 13. The lowest BCUT2D eigenvalue weighted by Gasteiger charge is -2.39. The fourth-order valence-electron chi connectivity index (χ4n) is 9.54. The summed E-state index contributed by atoms with van der Waals surface area (Å²) in [6.45, 7) is 4.42. The average Bonchev–Trinajstić information content (AvgIpc) is 4.44. The largest absolute Gasteiger partial charge is 0.460 e. The van der Waals surface area contributed by atoms with Crippen LogP contribution in [0, 0.1) is 0 Å². The maximum absolute atomic E-state index is 14.7. The van der Waals surface area contributed by atoms with Gasteiger partial charge in [0, 0.05) is 51.0 Å². The second-order valence-corrected chi connectivity index (χ2v) is 24.8. The van der Waals surface area contributed by atoms with Gasteiger partial charge in [-0.2, -0.15) is 57.1 Å². The molecule has 0 bridgehead atoms. The summed E-state index contributed by atoms with van der Waals surface area (Å²) < 4.78 is 179. The Bertz CT molecular complexity index is 2780. The lowest BCUT2D eigenvalue weighted by molar-refractivity contribution is -0.440. The van der Waals surface area contributed by atoms with Crippen LogP contribution in [0.4, 0.5) is 57.1 Å². The third-order valence-electron chi connectivity index (χ3n) is 14.4. The first-order chi connectivity index (χ1) is 37.5. The molecule has 79 heavy (non-hydrogen) atoms. The number of aldehydes is 1. The zero-order chi connectivity index (χ0) is 57.5. The molecule has 0 unspecified atom stereocenters. The third kappa shape index (κ3) is 16.0. The van der Waals surface area contributed by atoms with Crippen molar-refractivity contribution in [3.8, 4) is 50.1 Å². The number of carbonyl (C=O) groups is 1. The van der Waals surface area contributed by atoms with Crippen molar-refractivity contribution in [1.29, 1.82) is 0 Å². The summed E-state index contributed by atoms with van der Waals surface area (Å²) in [5.41, 5.74) is 4.54. The van der Waals surface area contributed by atoms with Gasteiger partial charge in [-0.25, -0.2) is 0 Å². The van der Waals surface area contributed by atoms with E-state index in [1.165, 1.54) is 147 Å². The van der Waals surface area contributed by atoms with Crippen molar-refractivity contribution >= 4 is 51.6 Å². The smallest absolute Gasteiger partial charge is 0.298 e. The summed E-state index contributed by atoms with van der Waals surface area (Å²) in [6, 6.07) is 26.0. The molecule has 18 heteroatoms. The Labute approximate surface area is 472 Å². The van der Waals surface area contributed by atoms with Crippen molar-refractivity contribution in [2.45, 2.75) is 204 Å². The molecule has 0 fully saturated rings. The summed E-state index contributed by atoms with van der Waals surface area (Å²) in [5.74, 6) is -36.9. The Kier molecular flexibility index (Phi) is 23.4. The molecule has 434 valence electrons. The Morgan fingerprint density at radius 1 is 0.367 bits per heavy atom. The number of thiophene rings is 4. The van der Waals surface area contributed by atoms with Gasteiger partial charge >= 0.3 is 35.8 Å². The van der Waals surface area contributed by atoms with Crippen LogP contribution in [0.5, 0.6) is 0 Å². The first-order valence-corrected chi connectivity index (χ1v) is 30.8. The zero-order valence-corrected chi connectivity index (χ0v) is 47.9. The number of hydrogen-bond acceptors (Lipinski definition) is 5. The van der Waals surface area contributed by atoms with Gasteiger partial charge in [0.1, 0.15) is 6.29 Å². The summed E-state index contributed by atoms with van der Waals surface area (Å²) in [4.78, 5) is 20.0. The average molecular weight is 1190 g/mol. The summed E-state index contributed by atoms with van der Waals surface area (Å²) in [7, 11) is 0. The van der Waals surface area contributed by atoms with Crippen LogP contribution in [-0.4, -0.2) is 42.1 Å². The minimum Gasteiger partial charge on any atom is -0.298 e. The predicted molar refractivity (Wildman–Crippen MR) is 301 cm³/mol. The van der Waals surface area contributed by atoms with Gasteiger partial charge in [-0.05, 0) is 96.3 Å². The predicted octanol–water partition coefficient (Wildman–Crippen LogP) is 23.7. The topological polar surface area (TPSA) is 17.1 Å². The van der Waals surface area contributed by atoms with E-state index < -0.39 is 48.6 Å². The number of halogens is 13. The monoisotopic (exact) mass is 1190 g/mol. The molecule has 0 aliphatic heterocycles. The molecule has 6 rings (SSSR count). The van der Waals surface area contributed by atoms with E-state index in [4.69, 9.17) is 0 Å². The van der Waals surface area contributed by atoms with Crippen LogP contribution >= 0.6 is 45.3 Å². The molecule has 0 saturated carbocycles. The molecule has 2 aromatic carbocycles. The highest BCUT2D eigenvalue weighted by Gasteiger charge is 2.90. The number of rotatable bonds is 35. The van der Waals surface area contributed by atoms with Crippen LogP contribution in [0.3, 0.4) is 0 Å². The van der Waals surface area contributed by atoms with Crippen LogP contribution in [-0.2, 0) is 19.3 Å². The Morgan fingerprint density at radius 2 is 0.722 bits per heavy atom. The van der Waals surface area contributed by atoms with E-state index >= 15 is 0 Å². The van der Waals surface area contributed by atoms with Gasteiger partial charge in [0.05, 0.1) is 0 Å². The molecular formula is C61H69F13OS4. The lowest BCUT2D eigenvalue weighted by Crippen LogP contribution is -2.70. The van der Waals surface area contributed by atoms with Crippen LogP contribution in [0.25, 0.3) is 50.1 Å². The van der Waals surface area contributed by atoms with Crippen molar-refractivity contribution in [3.63, 3.8) is 0 Å². The molecule has 0 radical (unpaired) electrons. The molecule has 0 aliphatic carbocycles. The van der Waals surface area contributed by atoms with Crippen molar-refractivity contribution < 1.29 is 61.9 Å². The Hall–Kier alpha value is -4.00. The van der Waals surface area contributed by atoms with E-state index in [-0.39, 0.29) is 5.56 Å². The molecule has 0 saturated heterocycles. The van der Waals surface area contributed by atoms with E-state index in [1.807, 2.05) is 30.3 Å². The van der Waals surface area contributed by atoms with Crippen LogP contribution in [0.1, 0.15) is 176 Å². The summed E-state index contributed by atoms with van der Waals surface area (Å²) >= 11 is 6.63. The van der Waals surface area contributed by atoms with E-state index in [1.54, 1.807) is 34.0 Å². The SMILES string of the molecule is CCCCCCCCCCCCc1cc(-c2ccc(C=O)cc2)sc1-c1ccc(-c2ccc(-c3sc(-c4ccc(CCC(F)(F)C(F)(F)C(F)(F)C(F)(F)C(F)(F)C(F)(F)F)cc4)cc3CCCCCCCCCCCC)s2)s1. The highest BCUT2D eigenvalue weighted by Crippen LogP contribution is 2.61. The Balaban J connectivity index is 1.19. The molecule has 0 spiro atoms. The Morgan fingerprint density at radius 3 is 1.10 bits per heavy atom. The minimum atomic E-state index is -7.92. The lowest BCUT2D eigenvalue weighted by atomic mass is 9.91. The molecule has 0 atom stereocenters. The van der Waals surface area contributed by atoms with E-state index in [0.717, 1.165) is 91.6 Å². The number of benzene rings is 2. The standard InChI is InChI=1S/C61H69F13OS4/c1-3-5-7-9-11-13-15-17-19-21-23-46-39-52(44-29-25-42(26-30-44)37-38-56(62,63)57(64,65)58(66,67)59(68,69)60(70,71)61(72,73)74)78-54(46)50-35-33-48(76-50)49-34-36-51(77-49)55-47(24-22-20-18-16-14-12-10-8-6-4-2)40-53(79-55)45-31-27-43(41-75)28-32-45/h25-36,39-41H,3-24,37-38H2,1-2H3. The second-order valence-electron chi connectivity index (χ2n) is 20.6. The normalized spacial score (nSPS) is 13.0. The first-order valence-electron chi connectivity index (χ1n) is 27.6. The van der Waals surface area contributed by atoms with Gasteiger partial charge in [-0.15, -0.1) is 45.3 Å². The van der Waals surface area contributed by atoms with Crippen LogP contribution in [0.2, 0.25) is 0 Å². The van der Waals surface area contributed by atoms with Crippen LogP contribution in [0.15, 0.2) is 84.9 Å². The van der Waals surface area contributed by atoms with Crippen molar-refractivity contribution in [1.82, 2.24) is 0 Å². The van der Waals surface area contributed by atoms with Gasteiger partial charge in [-0.3, -0.25) is 4.79 Å². The van der Waals surface area contributed by atoms with Gasteiger partial charge in [0.15, 0.2) is 0 Å². The van der Waals surface area contributed by atoms with E-state index in [9.17, 15) is 61.9 Å². The van der Waals surface area contributed by atoms with Crippen molar-refractivity contribution in [2.75, 3.05) is 0 Å². The highest BCUT2D eigenvalue weighted by atomic mass is 32.1. The molecule has 0 amide bonds. The maximum atomic E-state index is 14.7. The van der Waals surface area contributed by atoms with E-state index in [2.05, 4.69) is 44.2 Å². The number of carbonyl (C=O) groups excluding carboxylic acids is 1. The second kappa shape index (κ2) is 28.8. The number of aryl methyl sites for hydroxylation is 3. The molecule has 6 aromatic rings. The molecule has 1 nitrogen and oxygen atoms in total. The quantitative estimate of drug-likeness (QED) is 0.0220. The molecule has 0 N–H and O–H groups in total. The van der Waals surface area contributed by atoms with Crippen LogP contribution < -0.4 is 0 Å². The molecule has 4 heterocycles. The van der Waals surface area contributed by atoms with Gasteiger partial charge in [0.25, 0.3) is 0 Å². The maximum Gasteiger partial charge on any atom is 0.460 e. The fourth-order valence-corrected chi connectivity index (χ4v) is 14.4. The minimum absolute atomic E-state index is 0.131. The molecule has 0 aliphatic rings. The van der Waals surface area contributed by atoms with Gasteiger partial charge in [0.2, 0.25) is 0 Å². The molecular weight excluding hydrogens is 1120 g/mol. The zero-order valence-electron chi connectivity index (χ0n) is 44.6. The van der Waals surface area contributed by atoms with Crippen molar-refractivity contribution in [2.24, 2.45) is 0 Å². The highest BCUT2D eigenvalue weighted by molar-refractivity contribution is 7.29. The fraction of sp³-hybridized carbons (Fsp3) is 0.525. The third-order valence-corrected chi connectivity index (χ3v) is 19.6. The van der Waals surface area contributed by atoms with E-state index in [0.29, 0.717) is 11.1 Å². The number of hydrogen-bond donors (Lipinski definition) is 0. The number of unbranched alkanes of at least 4 members (excludes halogenated alkanes) is 18. The van der Waals surface area contributed by atoms with Gasteiger partial charge in [-0.1, -0.05) is 178 Å². The summed E-state index contributed by atoms with van der Waals surface area (Å²) in [6.07, 6.45) is 15.7. The summed E-state index contributed by atoms with van der Waals surface area (Å²) in [5, 5.41) is 0.